The fourth-order valence-corrected chi connectivity index (χ4v) is 3.44. The highest BCUT2D eigenvalue weighted by Crippen LogP contribution is 2.22. The molecule has 0 fully saturated rings. The number of benzene rings is 1. The molecule has 1 rings (SSSR count). The van der Waals surface area contributed by atoms with Crippen molar-refractivity contribution in [1.29, 1.82) is 0 Å². The molecule has 0 aliphatic rings. The summed E-state index contributed by atoms with van der Waals surface area (Å²) in [5.74, 6) is 0.880. The second kappa shape index (κ2) is 18.9. The first kappa shape index (κ1) is 28.4. The molecule has 0 saturated heterocycles. The normalized spacial score (nSPS) is 13.0. The summed E-state index contributed by atoms with van der Waals surface area (Å²) in [4.78, 5) is 21.6. The van der Waals surface area contributed by atoms with E-state index in [4.69, 9.17) is 19.2 Å². The number of hydrogen-bond acceptors (Lipinski definition) is 5. The molecule has 0 saturated carbocycles. The van der Waals surface area contributed by atoms with Gasteiger partial charge in [-0.05, 0) is 43.4 Å². The second-order valence-electron chi connectivity index (χ2n) is 8.64. The molecule has 184 valence electrons. The van der Waals surface area contributed by atoms with Crippen molar-refractivity contribution in [3.05, 3.63) is 29.8 Å². The van der Waals surface area contributed by atoms with Crippen molar-refractivity contribution >= 4 is 5.97 Å². The van der Waals surface area contributed by atoms with E-state index < -0.39 is 12.3 Å². The number of carbonyl (C=O) groups is 1. The quantitative estimate of drug-likeness (QED) is 0.0880. The van der Waals surface area contributed by atoms with Crippen LogP contribution < -0.4 is 4.74 Å². The molecule has 0 aliphatic heterocycles. The van der Waals surface area contributed by atoms with E-state index in [1.54, 1.807) is 0 Å². The monoisotopic (exact) mass is 450 g/mol. The van der Waals surface area contributed by atoms with Crippen molar-refractivity contribution in [3.8, 4) is 5.75 Å². The lowest BCUT2D eigenvalue weighted by Crippen LogP contribution is -2.19. The zero-order valence-corrected chi connectivity index (χ0v) is 20.9. The molecule has 5 nitrogen and oxygen atoms in total. The van der Waals surface area contributed by atoms with Crippen LogP contribution in [-0.4, -0.2) is 25.5 Å². The number of hydrogen-bond donors (Lipinski definition) is 0. The van der Waals surface area contributed by atoms with Gasteiger partial charge in [-0.1, -0.05) is 90.7 Å². The highest BCUT2D eigenvalue weighted by molar-refractivity contribution is 5.68. The summed E-state index contributed by atoms with van der Waals surface area (Å²) < 4.78 is 11.3. The molecule has 5 heteroatoms. The van der Waals surface area contributed by atoms with Crippen molar-refractivity contribution in [1.82, 2.24) is 0 Å². The molecule has 0 spiro atoms. The highest BCUT2D eigenvalue weighted by atomic mass is 17.2. The number of carbonyl (C=O) groups excluding carboxylic acids is 1. The summed E-state index contributed by atoms with van der Waals surface area (Å²) >= 11 is 0. The van der Waals surface area contributed by atoms with E-state index in [1.807, 2.05) is 19.1 Å². The molecule has 1 aromatic rings. The van der Waals surface area contributed by atoms with Gasteiger partial charge in [0.05, 0.1) is 19.6 Å². The Kier molecular flexibility index (Phi) is 16.8. The van der Waals surface area contributed by atoms with Crippen LogP contribution in [0.3, 0.4) is 0 Å². The van der Waals surface area contributed by atoms with E-state index in [9.17, 15) is 4.79 Å². The first-order valence-electron chi connectivity index (χ1n) is 12.8. The lowest BCUT2D eigenvalue weighted by molar-refractivity contribution is -0.273. The minimum absolute atomic E-state index is 0.138. The summed E-state index contributed by atoms with van der Waals surface area (Å²) in [6.07, 6.45) is 13.4. The average molecular weight is 451 g/mol. The van der Waals surface area contributed by atoms with Crippen molar-refractivity contribution < 1.29 is 24.0 Å². The summed E-state index contributed by atoms with van der Waals surface area (Å²) in [7, 11) is 0. The summed E-state index contributed by atoms with van der Waals surface area (Å²) in [6, 6.07) is 8.08. The number of ether oxygens (including phenoxy) is 2. The lowest BCUT2D eigenvalue weighted by atomic mass is 9.99. The van der Waals surface area contributed by atoms with Gasteiger partial charge in [-0.15, -0.1) is 0 Å². The third kappa shape index (κ3) is 14.5. The second-order valence-corrected chi connectivity index (χ2v) is 8.64. The fraction of sp³-hybridized carbons (Fsp3) is 0.741. The minimum Gasteiger partial charge on any atom is -0.465 e. The Labute approximate surface area is 196 Å². The van der Waals surface area contributed by atoms with E-state index in [-0.39, 0.29) is 13.0 Å². The third-order valence-corrected chi connectivity index (χ3v) is 5.76. The molecule has 0 N–H and O–H groups in total. The van der Waals surface area contributed by atoms with Gasteiger partial charge in [0, 0.05) is 0 Å². The molecular formula is C27H46O5. The van der Waals surface area contributed by atoms with Crippen molar-refractivity contribution in [2.75, 3.05) is 13.2 Å². The van der Waals surface area contributed by atoms with E-state index >= 15 is 0 Å². The van der Waals surface area contributed by atoms with Crippen LogP contribution in [0, 0.1) is 0 Å². The van der Waals surface area contributed by atoms with Crippen LogP contribution in [0.2, 0.25) is 0 Å². The SMILES string of the molecule is CCCCCCCCCCCCOOC(=O)CCOC(C)Oc1ccc(C(C)CC)cc1. The Morgan fingerprint density at radius 2 is 1.41 bits per heavy atom. The van der Waals surface area contributed by atoms with Gasteiger partial charge in [-0.3, -0.25) is 4.89 Å². The van der Waals surface area contributed by atoms with Crippen molar-refractivity contribution in [2.24, 2.45) is 0 Å². The minimum atomic E-state index is -0.440. The molecule has 32 heavy (non-hydrogen) atoms. The van der Waals surface area contributed by atoms with Crippen LogP contribution in [0.1, 0.15) is 116 Å². The molecule has 1 aromatic carbocycles. The molecule has 2 unspecified atom stereocenters. The molecule has 0 heterocycles. The van der Waals surface area contributed by atoms with Gasteiger partial charge >= 0.3 is 5.97 Å². The predicted octanol–water partition coefficient (Wildman–Crippen LogP) is 7.73. The maximum atomic E-state index is 11.7. The van der Waals surface area contributed by atoms with Crippen LogP contribution in [0.25, 0.3) is 0 Å². The van der Waals surface area contributed by atoms with Gasteiger partial charge in [-0.25, -0.2) is 4.79 Å². The Morgan fingerprint density at radius 1 is 0.812 bits per heavy atom. The summed E-state index contributed by atoms with van der Waals surface area (Å²) in [5.41, 5.74) is 1.30. The van der Waals surface area contributed by atoms with Crippen LogP contribution in [-0.2, 0) is 19.3 Å². The molecule has 0 aromatic heterocycles. The van der Waals surface area contributed by atoms with Gasteiger partial charge in [0.25, 0.3) is 0 Å². The largest absolute Gasteiger partial charge is 0.465 e. The van der Waals surface area contributed by atoms with Gasteiger partial charge < -0.3 is 9.47 Å². The van der Waals surface area contributed by atoms with E-state index in [2.05, 4.69) is 32.9 Å². The molecule has 2 atom stereocenters. The average Bonchev–Trinajstić information content (AvgIpc) is 2.79. The van der Waals surface area contributed by atoms with Crippen LogP contribution in [0.4, 0.5) is 0 Å². The van der Waals surface area contributed by atoms with Gasteiger partial charge in [0.15, 0.2) is 6.29 Å². The van der Waals surface area contributed by atoms with Gasteiger partial charge in [0.1, 0.15) is 5.75 Å². The van der Waals surface area contributed by atoms with Crippen molar-refractivity contribution in [3.63, 3.8) is 0 Å². The zero-order valence-electron chi connectivity index (χ0n) is 20.9. The third-order valence-electron chi connectivity index (χ3n) is 5.76. The van der Waals surface area contributed by atoms with E-state index in [0.29, 0.717) is 12.5 Å². The molecule has 0 amide bonds. The number of rotatable bonds is 20. The van der Waals surface area contributed by atoms with Crippen LogP contribution >= 0.6 is 0 Å². The topological polar surface area (TPSA) is 54.0 Å². The molecular weight excluding hydrogens is 404 g/mol. The first-order chi connectivity index (χ1) is 15.6. The molecule has 0 aliphatic carbocycles. The molecule has 0 bridgehead atoms. The Bertz CT molecular complexity index is 572. The first-order valence-corrected chi connectivity index (χ1v) is 12.8. The standard InChI is InChI=1S/C27H46O5/c1-5-7-8-9-10-11-12-13-14-15-21-30-32-27(28)20-22-29-24(4)31-26-18-16-25(17-19-26)23(3)6-2/h16-19,23-24H,5-15,20-22H2,1-4H3. The van der Waals surface area contributed by atoms with Crippen molar-refractivity contribution in [2.45, 2.75) is 117 Å². The maximum Gasteiger partial charge on any atom is 0.344 e. The van der Waals surface area contributed by atoms with Crippen LogP contribution in [0.5, 0.6) is 5.75 Å². The van der Waals surface area contributed by atoms with Gasteiger partial charge in [-0.2, -0.15) is 4.89 Å². The van der Waals surface area contributed by atoms with Crippen LogP contribution in [0.15, 0.2) is 24.3 Å². The maximum absolute atomic E-state index is 11.7. The zero-order chi connectivity index (χ0) is 23.4. The van der Waals surface area contributed by atoms with Gasteiger partial charge in [0.2, 0.25) is 0 Å². The summed E-state index contributed by atoms with van der Waals surface area (Å²) in [5, 5.41) is 0. The highest BCUT2D eigenvalue weighted by Gasteiger charge is 2.09. The fourth-order valence-electron chi connectivity index (χ4n) is 3.44. The Morgan fingerprint density at radius 3 is 2.00 bits per heavy atom. The predicted molar refractivity (Wildman–Crippen MR) is 130 cm³/mol. The Balaban J connectivity index is 1.96. The molecule has 0 radical (unpaired) electrons. The van der Waals surface area contributed by atoms with E-state index in [1.165, 1.54) is 56.9 Å². The summed E-state index contributed by atoms with van der Waals surface area (Å²) in [6.45, 7) is 9.14. The number of unbranched alkanes of at least 4 members (excludes halogenated alkanes) is 9. The smallest absolute Gasteiger partial charge is 0.344 e. The Hall–Kier alpha value is -1.59. The van der Waals surface area contributed by atoms with E-state index in [0.717, 1.165) is 25.0 Å². The lowest BCUT2D eigenvalue weighted by Gasteiger charge is -2.16.